The van der Waals surface area contributed by atoms with E-state index in [-0.39, 0.29) is 91.2 Å². The van der Waals surface area contributed by atoms with Gasteiger partial charge in [-0.3, -0.25) is 47.9 Å². The Morgan fingerprint density at radius 2 is 0.537 bits per heavy atom. The highest BCUT2D eigenvalue weighted by atomic mass is 16.4. The normalized spacial score (nSPS) is 9.38. The van der Waals surface area contributed by atoms with Gasteiger partial charge < -0.3 is 138 Å². The molecule has 39 heteroatoms. The number of carbonyl (C=O) groups is 12. The van der Waals surface area contributed by atoms with E-state index in [0.29, 0.717) is 12.8 Å². The zero-order chi connectivity index (χ0) is 68.0. The fourth-order valence-electron chi connectivity index (χ4n) is 1.50. The second kappa shape index (κ2) is 104. The molecular formula is C41H88O39. The number of aliphatic hydroxyl groups is 15. The summed E-state index contributed by atoms with van der Waals surface area (Å²) in [5, 5.41) is 211. The minimum atomic E-state index is -1.31. The molecular weight excluding hydrogens is 1120 g/mol. The lowest BCUT2D eigenvalue weighted by Gasteiger charge is -2.06. The molecule has 0 saturated heterocycles. The van der Waals surface area contributed by atoms with Gasteiger partial charge in [-0.2, -0.15) is 0 Å². The van der Waals surface area contributed by atoms with Gasteiger partial charge in [-0.1, -0.05) is 27.2 Å². The van der Waals surface area contributed by atoms with Crippen LogP contribution in [0.1, 0.15) is 87.0 Å². The molecule has 0 aliphatic rings. The third-order valence-corrected chi connectivity index (χ3v) is 4.37. The van der Waals surface area contributed by atoms with Gasteiger partial charge in [0, 0.05) is 19.8 Å². The molecule has 0 fully saturated rings. The zero-order valence-corrected chi connectivity index (χ0v) is 44.9. The van der Waals surface area contributed by atoms with Crippen molar-refractivity contribution in [2.45, 2.75) is 124 Å². The highest BCUT2D eigenvalue weighted by Gasteiger charge is 2.16. The van der Waals surface area contributed by atoms with Gasteiger partial charge in [0.05, 0.1) is 52.2 Å². The SMILES string of the molecule is CC(C)C(O)C(=O)O.CC(O)CC(=O)O.CCCC(O)C(=O)O.CCO.CCO.CCO.O=C(O)CC(=O)O.O=C(O)CC(=O)O.O=C(O)CC(=O)O.O=CO.O=CO.O=CO.OCC(O)CO.OCC(O)CO.OCC(O)CO. The third kappa shape index (κ3) is 268. The first-order valence-electron chi connectivity index (χ1n) is 21.4. The number of hydrogen-bond donors (Lipinski definition) is 27. The van der Waals surface area contributed by atoms with E-state index in [4.69, 9.17) is 152 Å². The van der Waals surface area contributed by atoms with Crippen LogP contribution in [0.4, 0.5) is 0 Å². The summed E-state index contributed by atoms with van der Waals surface area (Å²) in [6.45, 7) is 9.42. The largest absolute Gasteiger partial charge is 0.483 e. The minimum absolute atomic E-state index is 0.167. The Morgan fingerprint density at radius 1 is 0.362 bits per heavy atom. The van der Waals surface area contributed by atoms with Gasteiger partial charge in [0.15, 0.2) is 12.2 Å². The Labute approximate surface area is 457 Å². The van der Waals surface area contributed by atoms with Crippen molar-refractivity contribution >= 4 is 73.1 Å². The fourth-order valence-corrected chi connectivity index (χ4v) is 1.50. The summed E-state index contributed by atoms with van der Waals surface area (Å²) in [4.78, 5) is 111. The second-order valence-corrected chi connectivity index (χ2v) is 12.3. The molecule has 0 aliphatic heterocycles. The Kier molecular flexibility index (Phi) is 147. The van der Waals surface area contributed by atoms with E-state index in [9.17, 15) is 43.2 Å². The van der Waals surface area contributed by atoms with E-state index < -0.39 is 110 Å². The molecule has 0 aliphatic carbocycles. The van der Waals surface area contributed by atoms with E-state index in [1.165, 1.54) is 6.92 Å². The van der Waals surface area contributed by atoms with Crippen molar-refractivity contribution in [2.75, 3.05) is 59.5 Å². The van der Waals surface area contributed by atoms with Crippen molar-refractivity contribution < 1.29 is 195 Å². The van der Waals surface area contributed by atoms with Crippen LogP contribution in [0.5, 0.6) is 0 Å². The van der Waals surface area contributed by atoms with Crippen LogP contribution >= 0.6 is 0 Å². The van der Waals surface area contributed by atoms with Crippen molar-refractivity contribution in [3.63, 3.8) is 0 Å². The summed E-state index contributed by atoms with van der Waals surface area (Å²) in [6.07, 6.45) is -7.50. The monoisotopic (exact) mass is 1200 g/mol. The summed E-state index contributed by atoms with van der Waals surface area (Å²) in [5.41, 5.74) is 0. The zero-order valence-electron chi connectivity index (χ0n) is 44.9. The number of aliphatic hydroxyl groups excluding tert-OH is 15. The molecule has 0 saturated carbocycles. The Balaban J connectivity index is -0.0000000441. The van der Waals surface area contributed by atoms with Gasteiger partial charge in [0.25, 0.3) is 19.4 Å². The molecule has 39 nitrogen and oxygen atoms in total. The number of hydrogen-bond acceptors (Lipinski definition) is 27. The van der Waals surface area contributed by atoms with Crippen LogP contribution in [0.25, 0.3) is 0 Å². The van der Waals surface area contributed by atoms with Crippen LogP contribution in [0.15, 0.2) is 0 Å². The minimum Gasteiger partial charge on any atom is -0.483 e. The second-order valence-electron chi connectivity index (χ2n) is 12.3. The van der Waals surface area contributed by atoms with E-state index in [1.807, 2.05) is 6.92 Å². The van der Waals surface area contributed by atoms with Crippen molar-refractivity contribution in [1.29, 1.82) is 0 Å². The molecule has 3 atom stereocenters. The van der Waals surface area contributed by atoms with Crippen LogP contribution in [0, 0.1) is 5.92 Å². The molecule has 3 unspecified atom stereocenters. The van der Waals surface area contributed by atoms with Crippen LogP contribution in [0.2, 0.25) is 0 Å². The summed E-state index contributed by atoms with van der Waals surface area (Å²) in [5.74, 6) is -11.3. The number of rotatable bonds is 19. The molecule has 0 aromatic heterocycles. The maximum absolute atomic E-state index is 9.89. The van der Waals surface area contributed by atoms with Crippen LogP contribution in [0.3, 0.4) is 0 Å². The van der Waals surface area contributed by atoms with E-state index in [1.54, 1.807) is 34.6 Å². The third-order valence-electron chi connectivity index (χ3n) is 4.37. The Morgan fingerprint density at radius 3 is 0.550 bits per heavy atom. The van der Waals surface area contributed by atoms with Crippen LogP contribution in [-0.2, 0) is 57.5 Å². The fraction of sp³-hybridized carbons (Fsp3) is 0.707. The lowest BCUT2D eigenvalue weighted by molar-refractivity contribution is -0.149. The van der Waals surface area contributed by atoms with Crippen molar-refractivity contribution in [3.8, 4) is 0 Å². The Hall–Kier alpha value is -6.96. The van der Waals surface area contributed by atoms with Crippen molar-refractivity contribution in [3.05, 3.63) is 0 Å². The molecule has 0 heterocycles. The van der Waals surface area contributed by atoms with Crippen molar-refractivity contribution in [1.82, 2.24) is 0 Å². The molecule has 0 aromatic carbocycles. The molecule has 0 spiro atoms. The van der Waals surface area contributed by atoms with Gasteiger partial charge in [-0.15, -0.1) is 0 Å². The molecule has 0 bridgehead atoms. The summed E-state index contributed by atoms with van der Waals surface area (Å²) in [6, 6.07) is 0. The highest BCUT2D eigenvalue weighted by molar-refractivity contribution is 5.89. The molecule has 0 rings (SSSR count). The number of carboxylic acids is 9. The summed E-state index contributed by atoms with van der Waals surface area (Å²) >= 11 is 0. The van der Waals surface area contributed by atoms with E-state index in [2.05, 4.69) is 0 Å². The molecule has 0 radical (unpaired) electrons. The predicted octanol–water partition coefficient (Wildman–Crippen LogP) is -7.11. The predicted molar refractivity (Wildman–Crippen MR) is 266 cm³/mol. The van der Waals surface area contributed by atoms with E-state index in [0.717, 1.165) is 0 Å². The molecule has 27 N–H and O–H groups in total. The lowest BCUT2D eigenvalue weighted by Crippen LogP contribution is -2.25. The van der Waals surface area contributed by atoms with Gasteiger partial charge in [-0.05, 0) is 40.0 Å². The van der Waals surface area contributed by atoms with Gasteiger partial charge in [-0.25, -0.2) is 9.59 Å². The van der Waals surface area contributed by atoms with Crippen molar-refractivity contribution in [2.24, 2.45) is 5.92 Å². The number of carboxylic acid groups (broad SMARTS) is 12. The van der Waals surface area contributed by atoms with Gasteiger partial charge in [0.2, 0.25) is 0 Å². The maximum Gasteiger partial charge on any atom is 0.332 e. The maximum atomic E-state index is 9.89. The quantitative estimate of drug-likeness (QED) is 0.0422. The topological polar surface area (TPSA) is 751 Å². The summed E-state index contributed by atoms with van der Waals surface area (Å²) in [7, 11) is 0. The van der Waals surface area contributed by atoms with Gasteiger partial charge in [0.1, 0.15) is 37.6 Å². The van der Waals surface area contributed by atoms with Crippen LogP contribution in [-0.4, -0.2) is 307 Å². The van der Waals surface area contributed by atoms with Crippen LogP contribution < -0.4 is 0 Å². The molecule has 486 valence electrons. The number of aliphatic carboxylic acids is 9. The smallest absolute Gasteiger partial charge is 0.332 e. The Bertz CT molecular complexity index is 1190. The molecule has 80 heavy (non-hydrogen) atoms. The average Bonchev–Trinajstić information content (AvgIpc) is 3.32. The standard InChI is InChI=1S/2C5H10O3.C4H8O3.3C3H4O4.3C3H8O3.3C2H6O.3CH2O2/c1-3(2)4(6)5(7)8;1-2-3-4(6)5(7)8;1-3(5)2-4(6)7;3*4-2(5)1-3(6)7;3*4-1-3(6)2-5;3*1-2-3;3*2-1-3/h3-4,6H,1-2H3,(H,7,8);4,6H,2-3H2,1H3,(H,7,8);3,5H,2H2,1H3,(H,6,7);3*1H2,(H,4,5)(H,6,7);3*3-6H,1-2H2;3*3H,2H2,1H3;3*1H,(H,2,3). The van der Waals surface area contributed by atoms with E-state index >= 15 is 0 Å². The summed E-state index contributed by atoms with van der Waals surface area (Å²) < 4.78 is 0. The first-order chi connectivity index (χ1) is 36.6. The first-order valence-corrected chi connectivity index (χ1v) is 21.4. The lowest BCUT2D eigenvalue weighted by atomic mass is 10.1. The van der Waals surface area contributed by atoms with Gasteiger partial charge >= 0.3 is 53.7 Å². The molecule has 0 amide bonds. The average molecular weight is 1210 g/mol. The first kappa shape index (κ1) is 113. The highest BCUT2D eigenvalue weighted by Crippen LogP contribution is 1.99. The molecule has 0 aromatic rings.